The first-order chi connectivity index (χ1) is 33.2. The lowest BCUT2D eigenvalue weighted by atomic mass is 9.86. The summed E-state index contributed by atoms with van der Waals surface area (Å²) >= 11 is 0. The van der Waals surface area contributed by atoms with Crippen molar-refractivity contribution < 1.29 is 4.79 Å². The number of hydrogen-bond donors (Lipinski definition) is 0. The van der Waals surface area contributed by atoms with E-state index in [0.717, 1.165) is 69.8 Å². The summed E-state index contributed by atoms with van der Waals surface area (Å²) in [6.07, 6.45) is 67.9. The Morgan fingerprint density at radius 3 is 1.03 bits per heavy atom. The molecule has 0 N–H and O–H groups in total. The molecule has 2 rings (SSSR count). The van der Waals surface area contributed by atoms with E-state index in [2.05, 4.69) is 110 Å². The van der Waals surface area contributed by atoms with Crippen LogP contribution in [0.2, 0.25) is 0 Å². The molecule has 0 heterocycles. The molecule has 2 aromatic carbocycles. The zero-order valence-electron chi connectivity index (χ0n) is 44.6. The first kappa shape index (κ1) is 59.9. The predicted octanol–water partition coefficient (Wildman–Crippen LogP) is 21.8. The smallest absolute Gasteiger partial charge is 0.303 e. The second-order valence-corrected chi connectivity index (χ2v) is 20.3. The third-order valence-corrected chi connectivity index (χ3v) is 14.1. The molecule has 67 heavy (non-hydrogen) atoms. The molecule has 0 aliphatic rings. The van der Waals surface area contributed by atoms with Crippen LogP contribution >= 0.6 is 0 Å². The minimum absolute atomic E-state index is 0.861. The molecule has 2 nitrogen and oxygen atoms in total. The van der Waals surface area contributed by atoms with E-state index in [1.54, 1.807) is 0 Å². The SMILES string of the molecule is CCCCCCCCCCCCCCCCC=CCCCc1ccccc1C(=CC(=C=[N+]=[N-])CCCCC)c1ccccc1CCCC=CCCCCCCCCCCCCCCCCCC. The van der Waals surface area contributed by atoms with E-state index < -0.39 is 0 Å². The summed E-state index contributed by atoms with van der Waals surface area (Å²) in [7, 11) is 0. The van der Waals surface area contributed by atoms with E-state index in [1.807, 2.05) is 0 Å². The molecule has 2 heteroatoms. The Morgan fingerprint density at radius 2 is 0.687 bits per heavy atom. The summed E-state index contributed by atoms with van der Waals surface area (Å²) in [5.74, 6) is 2.97. The van der Waals surface area contributed by atoms with Gasteiger partial charge in [0.1, 0.15) is 0 Å². The van der Waals surface area contributed by atoms with Gasteiger partial charge < -0.3 is 5.53 Å². The van der Waals surface area contributed by atoms with E-state index in [4.69, 9.17) is 0 Å². The van der Waals surface area contributed by atoms with Crippen LogP contribution in [0.3, 0.4) is 0 Å². The molecule has 0 radical (unpaired) electrons. The van der Waals surface area contributed by atoms with Crippen molar-refractivity contribution in [3.63, 3.8) is 0 Å². The van der Waals surface area contributed by atoms with Crippen LogP contribution in [0, 0.1) is 0 Å². The Kier molecular flexibility index (Phi) is 41.6. The number of rotatable bonds is 47. The van der Waals surface area contributed by atoms with Crippen molar-refractivity contribution in [3.05, 3.63) is 112 Å². The van der Waals surface area contributed by atoms with Crippen LogP contribution in [0.5, 0.6) is 0 Å². The van der Waals surface area contributed by atoms with Crippen molar-refractivity contribution in [2.45, 2.75) is 290 Å². The van der Waals surface area contributed by atoms with Gasteiger partial charge in [-0.3, -0.25) is 0 Å². The van der Waals surface area contributed by atoms with Gasteiger partial charge in [-0.1, -0.05) is 286 Å². The highest BCUT2D eigenvalue weighted by atomic mass is 14.8. The molecule has 0 spiro atoms. The summed E-state index contributed by atoms with van der Waals surface area (Å²) in [6, 6.07) is 18.1. The number of hydrogen-bond acceptors (Lipinski definition) is 0. The van der Waals surface area contributed by atoms with Crippen molar-refractivity contribution in [2.24, 2.45) is 0 Å². The molecule has 0 saturated heterocycles. The van der Waals surface area contributed by atoms with Crippen LogP contribution in [-0.4, -0.2) is 10.7 Å². The molecule has 0 aromatic heterocycles. The van der Waals surface area contributed by atoms with Gasteiger partial charge in [-0.2, -0.15) is 0 Å². The monoisotopic (exact) mass is 915 g/mol. The van der Waals surface area contributed by atoms with Crippen LogP contribution in [0.1, 0.15) is 300 Å². The Morgan fingerprint density at radius 1 is 0.388 bits per heavy atom. The van der Waals surface area contributed by atoms with Crippen LogP contribution in [0.4, 0.5) is 0 Å². The van der Waals surface area contributed by atoms with Crippen molar-refractivity contribution in [1.82, 2.24) is 0 Å². The molecule has 376 valence electrons. The average molecular weight is 916 g/mol. The quantitative estimate of drug-likeness (QED) is 0.0158. The lowest BCUT2D eigenvalue weighted by Gasteiger charge is -2.17. The van der Waals surface area contributed by atoms with Gasteiger partial charge in [-0.05, 0) is 111 Å². The summed E-state index contributed by atoms with van der Waals surface area (Å²) in [6.45, 7) is 6.85. The Labute approximate surface area is 417 Å². The van der Waals surface area contributed by atoms with Crippen LogP contribution in [0.15, 0.2) is 84.5 Å². The lowest BCUT2D eigenvalue weighted by Crippen LogP contribution is -2.01. The minimum Gasteiger partial charge on any atom is -0.348 e. The topological polar surface area (TPSA) is 36.4 Å². The summed E-state index contributed by atoms with van der Waals surface area (Å²) < 4.78 is 0. The molecular weight excluding hydrogens is 809 g/mol. The van der Waals surface area contributed by atoms with Crippen molar-refractivity contribution in [3.8, 4) is 0 Å². The fraction of sp³-hybridized carbons (Fsp3) is 0.692. The number of nitrogens with zero attached hydrogens (tertiary/aromatic N) is 2. The number of allylic oxidation sites excluding steroid dienone is 6. The maximum absolute atomic E-state index is 9.67. The van der Waals surface area contributed by atoms with Crippen LogP contribution in [-0.2, 0) is 12.8 Å². The van der Waals surface area contributed by atoms with Gasteiger partial charge in [0.25, 0.3) is 0 Å². The Balaban J connectivity index is 1.81. The van der Waals surface area contributed by atoms with Gasteiger partial charge in [0, 0.05) is 0 Å². The van der Waals surface area contributed by atoms with E-state index in [0.29, 0.717) is 0 Å². The minimum atomic E-state index is 0.861. The Bertz CT molecular complexity index is 1600. The van der Waals surface area contributed by atoms with Gasteiger partial charge in [-0.25, -0.2) is 0 Å². The fourth-order valence-electron chi connectivity index (χ4n) is 9.83. The second kappa shape index (κ2) is 46.5. The molecule has 0 saturated carbocycles. The van der Waals surface area contributed by atoms with E-state index in [9.17, 15) is 5.53 Å². The maximum atomic E-state index is 9.67. The molecule has 0 amide bonds. The van der Waals surface area contributed by atoms with Crippen LogP contribution in [0.25, 0.3) is 11.1 Å². The fourth-order valence-corrected chi connectivity index (χ4v) is 9.83. The van der Waals surface area contributed by atoms with Crippen molar-refractivity contribution >= 4 is 11.4 Å². The molecule has 0 unspecified atom stereocenters. The van der Waals surface area contributed by atoms with E-state index >= 15 is 0 Å². The van der Waals surface area contributed by atoms with E-state index in [1.165, 1.54) is 233 Å². The van der Waals surface area contributed by atoms with Gasteiger partial charge in [-0.15, -0.1) is 4.79 Å². The zero-order valence-corrected chi connectivity index (χ0v) is 44.6. The largest absolute Gasteiger partial charge is 0.348 e. The molecule has 0 aliphatic heterocycles. The summed E-state index contributed by atoms with van der Waals surface area (Å²) in [5, 5.41) is 0. The predicted molar refractivity (Wildman–Crippen MR) is 299 cm³/mol. The summed E-state index contributed by atoms with van der Waals surface area (Å²) in [5.41, 5.74) is 17.3. The average Bonchev–Trinajstić information content (AvgIpc) is 3.35. The molecule has 0 bridgehead atoms. The van der Waals surface area contributed by atoms with Gasteiger partial charge in [0.2, 0.25) is 0 Å². The zero-order chi connectivity index (χ0) is 47.8. The third kappa shape index (κ3) is 33.9. The number of unbranched alkanes of at least 4 members (excludes halogenated alkanes) is 34. The first-order valence-electron chi connectivity index (χ1n) is 29.4. The van der Waals surface area contributed by atoms with Gasteiger partial charge >= 0.3 is 5.87 Å². The van der Waals surface area contributed by atoms with E-state index in [-0.39, 0.29) is 0 Å². The second-order valence-electron chi connectivity index (χ2n) is 20.3. The standard InChI is InChI=1S/C65H106N2/c1-4-7-10-12-14-16-18-20-22-24-26-27-29-31-33-35-37-39-41-43-46-53-62-55-48-50-57-64(62)65(58-60(59-67-66)51-44-9-6-3)63-56-49-47-54-61(63)52-45-42-40-38-36-34-32-30-28-25-23-21-19-17-15-13-11-8-5-2/h38-41,47-50,54-58H,4-37,42-46,51-53H2,1-3H3. The highest BCUT2D eigenvalue weighted by Crippen LogP contribution is 2.32. The maximum Gasteiger partial charge on any atom is 0.303 e. The van der Waals surface area contributed by atoms with Gasteiger partial charge in [0.05, 0.1) is 5.57 Å². The van der Waals surface area contributed by atoms with Gasteiger partial charge in [0.15, 0.2) is 0 Å². The third-order valence-electron chi connectivity index (χ3n) is 14.1. The lowest BCUT2D eigenvalue weighted by molar-refractivity contribution is 0.00746. The first-order valence-corrected chi connectivity index (χ1v) is 29.4. The Hall–Kier alpha value is -3.18. The molecule has 0 aliphatic carbocycles. The normalized spacial score (nSPS) is 11.8. The van der Waals surface area contributed by atoms with Crippen LogP contribution < -0.4 is 0 Å². The molecule has 0 atom stereocenters. The molecule has 2 aromatic rings. The number of aryl methyl sites for hydroxylation is 2. The van der Waals surface area contributed by atoms with Crippen molar-refractivity contribution in [1.29, 1.82) is 0 Å². The highest BCUT2D eigenvalue weighted by Gasteiger charge is 2.15. The van der Waals surface area contributed by atoms with Crippen molar-refractivity contribution in [2.75, 3.05) is 0 Å². The number of benzene rings is 2. The summed E-state index contributed by atoms with van der Waals surface area (Å²) in [4.78, 5) is 3.42. The highest BCUT2D eigenvalue weighted by molar-refractivity contribution is 5.86. The molecular formula is C65H106N2. The molecule has 0 fully saturated rings.